The molecule has 8 nitrogen and oxygen atoms in total. The van der Waals surface area contributed by atoms with Crippen LogP contribution in [0.5, 0.6) is 0 Å². The Morgan fingerprint density at radius 2 is 2.04 bits per heavy atom. The van der Waals surface area contributed by atoms with E-state index >= 15 is 0 Å². The molecule has 0 spiro atoms. The quantitative estimate of drug-likeness (QED) is 0.874. The zero-order valence-electron chi connectivity index (χ0n) is 15.2. The maximum Gasteiger partial charge on any atom is 0.303 e. The fourth-order valence-corrected chi connectivity index (χ4v) is 3.47. The Morgan fingerprint density at radius 1 is 1.27 bits per heavy atom. The average molecular weight is 358 g/mol. The molecule has 0 saturated carbocycles. The first-order valence-electron chi connectivity index (χ1n) is 8.67. The van der Waals surface area contributed by atoms with Crippen molar-refractivity contribution in [3.05, 3.63) is 29.0 Å². The third-order valence-corrected chi connectivity index (χ3v) is 4.61. The Balaban J connectivity index is 1.91. The lowest BCUT2D eigenvalue weighted by molar-refractivity contribution is -0.141. The van der Waals surface area contributed by atoms with Gasteiger partial charge in [-0.1, -0.05) is 5.16 Å². The number of aliphatic carboxylic acids is 1. The number of rotatable bonds is 5. The van der Waals surface area contributed by atoms with Gasteiger partial charge in [-0.15, -0.1) is 0 Å². The summed E-state index contributed by atoms with van der Waals surface area (Å²) in [5, 5.41) is 12.8. The van der Waals surface area contributed by atoms with E-state index in [0.717, 1.165) is 35.5 Å². The minimum Gasteiger partial charge on any atom is -0.481 e. The highest BCUT2D eigenvalue weighted by Gasteiger charge is 2.31. The van der Waals surface area contributed by atoms with Gasteiger partial charge in [-0.3, -0.25) is 9.59 Å². The summed E-state index contributed by atoms with van der Waals surface area (Å²) in [5.41, 5.74) is 3.10. The van der Waals surface area contributed by atoms with Crippen LogP contribution in [0.2, 0.25) is 0 Å². The number of aryl methyl sites for hydroxylation is 3. The highest BCUT2D eigenvalue weighted by molar-refractivity contribution is 5.81. The molecule has 1 saturated heterocycles. The standard InChI is InChI=1S/C18H22N4O4/c1-10-18(11(2)26-21-10)14-9-13(19-12(3)20-14)15-5-4-8-22(15)16(23)6-7-17(24)25/h9,15H,4-8H2,1-3H3,(H,24,25)/t15-/m0/s1. The summed E-state index contributed by atoms with van der Waals surface area (Å²) in [5.74, 6) is 0.187. The van der Waals surface area contributed by atoms with E-state index in [2.05, 4.69) is 15.1 Å². The molecular weight excluding hydrogens is 336 g/mol. The molecule has 2 aromatic rings. The lowest BCUT2D eigenvalue weighted by Crippen LogP contribution is -2.31. The molecule has 1 amide bonds. The number of hydrogen-bond acceptors (Lipinski definition) is 6. The van der Waals surface area contributed by atoms with Crippen LogP contribution >= 0.6 is 0 Å². The monoisotopic (exact) mass is 358 g/mol. The van der Waals surface area contributed by atoms with Crippen LogP contribution in [0, 0.1) is 20.8 Å². The number of carbonyl (C=O) groups is 2. The number of hydrogen-bond donors (Lipinski definition) is 1. The van der Waals surface area contributed by atoms with E-state index in [1.165, 1.54) is 0 Å². The molecule has 0 unspecified atom stereocenters. The van der Waals surface area contributed by atoms with Crippen LogP contribution in [0.1, 0.15) is 54.7 Å². The fraction of sp³-hybridized carbons (Fsp3) is 0.500. The summed E-state index contributed by atoms with van der Waals surface area (Å²) in [6.07, 6.45) is 1.52. The van der Waals surface area contributed by atoms with Gasteiger partial charge in [0.2, 0.25) is 5.91 Å². The van der Waals surface area contributed by atoms with Crippen molar-refractivity contribution < 1.29 is 19.2 Å². The fourth-order valence-electron chi connectivity index (χ4n) is 3.47. The second-order valence-electron chi connectivity index (χ2n) is 6.56. The highest BCUT2D eigenvalue weighted by atomic mass is 16.5. The van der Waals surface area contributed by atoms with E-state index in [0.29, 0.717) is 18.1 Å². The van der Waals surface area contributed by atoms with E-state index in [1.807, 2.05) is 26.8 Å². The van der Waals surface area contributed by atoms with Gasteiger partial charge in [0, 0.05) is 13.0 Å². The Kier molecular flexibility index (Phi) is 5.01. The lowest BCUT2D eigenvalue weighted by atomic mass is 10.1. The number of carboxylic acid groups (broad SMARTS) is 1. The van der Waals surface area contributed by atoms with Crippen molar-refractivity contribution in [2.75, 3.05) is 6.54 Å². The molecule has 138 valence electrons. The summed E-state index contributed by atoms with van der Waals surface area (Å²) in [6, 6.07) is 1.73. The van der Waals surface area contributed by atoms with Crippen molar-refractivity contribution in [3.8, 4) is 11.3 Å². The molecule has 8 heteroatoms. The molecule has 1 aliphatic rings. The Morgan fingerprint density at radius 3 is 2.69 bits per heavy atom. The van der Waals surface area contributed by atoms with Gasteiger partial charge in [0.25, 0.3) is 0 Å². The molecule has 0 aromatic carbocycles. The number of carbonyl (C=O) groups excluding carboxylic acids is 1. The van der Waals surface area contributed by atoms with E-state index in [-0.39, 0.29) is 24.8 Å². The first-order valence-corrected chi connectivity index (χ1v) is 8.67. The largest absolute Gasteiger partial charge is 0.481 e. The number of likely N-dealkylation sites (tertiary alicyclic amines) is 1. The molecular formula is C18H22N4O4. The number of aromatic nitrogens is 3. The smallest absolute Gasteiger partial charge is 0.303 e. The molecule has 0 aliphatic carbocycles. The zero-order valence-corrected chi connectivity index (χ0v) is 15.2. The predicted octanol–water partition coefficient (Wildman–Crippen LogP) is 2.59. The maximum absolute atomic E-state index is 12.4. The first-order chi connectivity index (χ1) is 12.4. The Labute approximate surface area is 151 Å². The van der Waals surface area contributed by atoms with Crippen LogP contribution in [0.15, 0.2) is 10.6 Å². The van der Waals surface area contributed by atoms with Crippen molar-refractivity contribution in [1.82, 2.24) is 20.0 Å². The normalized spacial score (nSPS) is 16.9. The van der Waals surface area contributed by atoms with Gasteiger partial charge in [-0.2, -0.15) is 0 Å². The summed E-state index contributed by atoms with van der Waals surface area (Å²) in [7, 11) is 0. The summed E-state index contributed by atoms with van der Waals surface area (Å²) in [4.78, 5) is 34.0. The van der Waals surface area contributed by atoms with E-state index < -0.39 is 5.97 Å². The van der Waals surface area contributed by atoms with Crippen molar-refractivity contribution in [1.29, 1.82) is 0 Å². The zero-order chi connectivity index (χ0) is 18.8. The van der Waals surface area contributed by atoms with E-state index in [1.54, 1.807) is 4.90 Å². The Bertz CT molecular complexity index is 826. The van der Waals surface area contributed by atoms with Crippen molar-refractivity contribution >= 4 is 11.9 Å². The van der Waals surface area contributed by atoms with Crippen LogP contribution in [0.4, 0.5) is 0 Å². The topological polar surface area (TPSA) is 109 Å². The molecule has 1 N–H and O–H groups in total. The van der Waals surface area contributed by atoms with Crippen LogP contribution in [0.25, 0.3) is 11.3 Å². The molecule has 0 bridgehead atoms. The third kappa shape index (κ3) is 3.58. The molecule has 3 rings (SSSR count). The van der Waals surface area contributed by atoms with Crippen LogP contribution in [-0.4, -0.2) is 43.6 Å². The molecule has 1 aliphatic heterocycles. The van der Waals surface area contributed by atoms with Gasteiger partial charge in [0.1, 0.15) is 11.6 Å². The molecule has 1 fully saturated rings. The molecule has 2 aromatic heterocycles. The van der Waals surface area contributed by atoms with Gasteiger partial charge in [-0.25, -0.2) is 9.97 Å². The predicted molar refractivity (Wildman–Crippen MR) is 92.3 cm³/mol. The molecule has 3 heterocycles. The molecule has 26 heavy (non-hydrogen) atoms. The van der Waals surface area contributed by atoms with Crippen LogP contribution in [-0.2, 0) is 9.59 Å². The number of nitrogens with zero attached hydrogens (tertiary/aromatic N) is 4. The molecule has 0 radical (unpaired) electrons. The maximum atomic E-state index is 12.4. The lowest BCUT2D eigenvalue weighted by Gasteiger charge is -2.24. The second kappa shape index (κ2) is 7.23. The summed E-state index contributed by atoms with van der Waals surface area (Å²) >= 11 is 0. The Hall–Kier alpha value is -2.77. The number of amides is 1. The van der Waals surface area contributed by atoms with Gasteiger partial charge in [0.05, 0.1) is 35.1 Å². The summed E-state index contributed by atoms with van der Waals surface area (Å²) < 4.78 is 5.24. The van der Waals surface area contributed by atoms with Gasteiger partial charge in [0.15, 0.2) is 0 Å². The van der Waals surface area contributed by atoms with Gasteiger partial charge in [-0.05, 0) is 39.7 Å². The third-order valence-electron chi connectivity index (χ3n) is 4.61. The van der Waals surface area contributed by atoms with E-state index in [4.69, 9.17) is 9.63 Å². The van der Waals surface area contributed by atoms with Gasteiger partial charge < -0.3 is 14.5 Å². The minimum absolute atomic E-state index is 0.00657. The molecule has 1 atom stereocenters. The van der Waals surface area contributed by atoms with Crippen LogP contribution < -0.4 is 0 Å². The SMILES string of the molecule is Cc1nc(-c2c(C)noc2C)cc([C@@H]2CCCN2C(=O)CCC(=O)O)n1. The van der Waals surface area contributed by atoms with Crippen molar-refractivity contribution in [3.63, 3.8) is 0 Å². The van der Waals surface area contributed by atoms with Crippen molar-refractivity contribution in [2.45, 2.75) is 52.5 Å². The summed E-state index contributed by atoms with van der Waals surface area (Å²) in [6.45, 7) is 6.13. The first kappa shape index (κ1) is 18.0. The highest BCUT2D eigenvalue weighted by Crippen LogP contribution is 2.34. The second-order valence-corrected chi connectivity index (χ2v) is 6.56. The number of carboxylic acids is 1. The van der Waals surface area contributed by atoms with Gasteiger partial charge >= 0.3 is 5.97 Å². The average Bonchev–Trinajstić information content (AvgIpc) is 3.19. The minimum atomic E-state index is -0.965. The van der Waals surface area contributed by atoms with E-state index in [9.17, 15) is 9.59 Å². The van der Waals surface area contributed by atoms with Crippen molar-refractivity contribution in [2.24, 2.45) is 0 Å². The van der Waals surface area contributed by atoms with Crippen LogP contribution in [0.3, 0.4) is 0 Å².